The predicted octanol–water partition coefficient (Wildman–Crippen LogP) is 2.66. The van der Waals surface area contributed by atoms with Gasteiger partial charge in [-0.05, 0) is 26.0 Å². The van der Waals surface area contributed by atoms with Crippen LogP contribution in [0.4, 0.5) is 0 Å². The fourth-order valence-corrected chi connectivity index (χ4v) is 2.45. The van der Waals surface area contributed by atoms with Gasteiger partial charge in [-0.1, -0.05) is 12.1 Å². The van der Waals surface area contributed by atoms with Gasteiger partial charge in [-0.15, -0.1) is 11.3 Å². The molecule has 1 aromatic heterocycles. The van der Waals surface area contributed by atoms with Gasteiger partial charge in [0.25, 0.3) is 5.91 Å². The maximum absolute atomic E-state index is 12.2. The van der Waals surface area contributed by atoms with Crippen molar-refractivity contribution in [2.75, 3.05) is 7.05 Å². The lowest BCUT2D eigenvalue weighted by Crippen LogP contribution is -2.40. The van der Waals surface area contributed by atoms with Crippen LogP contribution >= 0.6 is 11.3 Å². The van der Waals surface area contributed by atoms with E-state index in [2.05, 4.69) is 4.98 Å². The van der Waals surface area contributed by atoms with Crippen molar-refractivity contribution in [3.8, 4) is 11.3 Å². The van der Waals surface area contributed by atoms with Crippen LogP contribution in [0.25, 0.3) is 11.3 Å². The number of aliphatic carboxylic acids is 1. The van der Waals surface area contributed by atoms with Gasteiger partial charge in [0.2, 0.25) is 0 Å². The zero-order valence-corrected chi connectivity index (χ0v) is 12.8. The zero-order chi connectivity index (χ0) is 15.6. The molecule has 0 aliphatic rings. The quantitative estimate of drug-likeness (QED) is 0.942. The van der Waals surface area contributed by atoms with E-state index in [1.54, 1.807) is 23.5 Å². The molecule has 0 fully saturated rings. The monoisotopic (exact) mass is 304 g/mol. The summed E-state index contributed by atoms with van der Waals surface area (Å²) in [5.41, 5.74) is 2.27. The summed E-state index contributed by atoms with van der Waals surface area (Å²) in [5.74, 6) is -1.34. The fraction of sp³-hybridized carbons (Fsp3) is 0.267. The summed E-state index contributed by atoms with van der Waals surface area (Å²) in [6.07, 6.45) is 0. The highest BCUT2D eigenvalue weighted by molar-refractivity contribution is 7.09. The van der Waals surface area contributed by atoms with Crippen molar-refractivity contribution in [2.24, 2.45) is 0 Å². The third-order valence-electron chi connectivity index (χ3n) is 3.31. The standard InChI is InChI=1S/C15H16N2O3S/c1-9(15(19)20)17(3)14(18)12-6-4-11(5-7-12)13-8-21-10(2)16-13/h4-9H,1-3H3,(H,19,20). The number of aromatic nitrogens is 1. The molecular formula is C15H16N2O3S. The Kier molecular flexibility index (Phi) is 4.37. The average Bonchev–Trinajstić information content (AvgIpc) is 2.91. The summed E-state index contributed by atoms with van der Waals surface area (Å²) in [4.78, 5) is 28.7. The van der Waals surface area contributed by atoms with E-state index in [1.165, 1.54) is 18.9 Å². The summed E-state index contributed by atoms with van der Waals surface area (Å²) in [7, 11) is 1.48. The molecule has 0 saturated carbocycles. The zero-order valence-electron chi connectivity index (χ0n) is 12.0. The molecule has 0 radical (unpaired) electrons. The number of thiazole rings is 1. The van der Waals surface area contributed by atoms with Crippen LogP contribution in [0.1, 0.15) is 22.3 Å². The lowest BCUT2D eigenvalue weighted by molar-refractivity contribution is -0.141. The average molecular weight is 304 g/mol. The minimum absolute atomic E-state index is 0.314. The van der Waals surface area contributed by atoms with Crippen LogP contribution in [0.5, 0.6) is 0 Å². The van der Waals surface area contributed by atoms with Crippen molar-refractivity contribution in [1.29, 1.82) is 0 Å². The molecule has 1 amide bonds. The molecule has 5 nitrogen and oxygen atoms in total. The topological polar surface area (TPSA) is 70.5 Å². The van der Waals surface area contributed by atoms with Crippen molar-refractivity contribution in [1.82, 2.24) is 9.88 Å². The molecule has 2 rings (SSSR count). The Morgan fingerprint density at radius 3 is 2.38 bits per heavy atom. The number of carbonyl (C=O) groups excluding carboxylic acids is 1. The number of benzene rings is 1. The number of carbonyl (C=O) groups is 2. The number of carboxylic acid groups (broad SMARTS) is 1. The third kappa shape index (κ3) is 3.28. The van der Waals surface area contributed by atoms with Gasteiger partial charge in [0.05, 0.1) is 10.7 Å². The highest BCUT2D eigenvalue weighted by Crippen LogP contribution is 2.22. The van der Waals surface area contributed by atoms with Crippen LogP contribution in [-0.2, 0) is 4.79 Å². The Morgan fingerprint density at radius 2 is 1.90 bits per heavy atom. The summed E-state index contributed by atoms with van der Waals surface area (Å²) in [5, 5.41) is 11.9. The SMILES string of the molecule is Cc1nc(-c2ccc(C(=O)N(C)C(C)C(=O)O)cc2)cs1. The lowest BCUT2D eigenvalue weighted by Gasteiger charge is -2.21. The predicted molar refractivity (Wildman–Crippen MR) is 81.5 cm³/mol. The van der Waals surface area contributed by atoms with Gasteiger partial charge >= 0.3 is 5.97 Å². The molecule has 1 unspecified atom stereocenters. The second kappa shape index (κ2) is 6.05. The van der Waals surface area contributed by atoms with Crippen LogP contribution < -0.4 is 0 Å². The molecule has 1 aromatic carbocycles. The number of likely N-dealkylation sites (N-methyl/N-ethyl adjacent to an activating group) is 1. The minimum atomic E-state index is -1.03. The number of aryl methyl sites for hydroxylation is 1. The summed E-state index contributed by atoms with van der Waals surface area (Å²) >= 11 is 1.57. The van der Waals surface area contributed by atoms with Gasteiger partial charge < -0.3 is 10.0 Å². The molecule has 6 heteroatoms. The van der Waals surface area contributed by atoms with E-state index in [0.29, 0.717) is 5.56 Å². The van der Waals surface area contributed by atoms with Crippen LogP contribution in [0.3, 0.4) is 0 Å². The summed E-state index contributed by atoms with van der Waals surface area (Å²) < 4.78 is 0. The Hall–Kier alpha value is -2.21. The van der Waals surface area contributed by atoms with E-state index in [9.17, 15) is 9.59 Å². The summed E-state index contributed by atoms with van der Waals surface area (Å²) in [6.45, 7) is 3.42. The fourth-order valence-electron chi connectivity index (χ4n) is 1.82. The Balaban J connectivity index is 2.19. The first kappa shape index (κ1) is 15.2. The molecule has 0 aliphatic heterocycles. The highest BCUT2D eigenvalue weighted by atomic mass is 32.1. The molecule has 1 heterocycles. The van der Waals surface area contributed by atoms with E-state index in [1.807, 2.05) is 24.4 Å². The second-order valence-corrected chi connectivity index (χ2v) is 5.82. The Morgan fingerprint density at radius 1 is 1.29 bits per heavy atom. The van der Waals surface area contributed by atoms with Crippen LogP contribution in [0.15, 0.2) is 29.6 Å². The van der Waals surface area contributed by atoms with E-state index in [0.717, 1.165) is 16.3 Å². The molecule has 0 aliphatic carbocycles. The van der Waals surface area contributed by atoms with Gasteiger partial charge in [0.15, 0.2) is 0 Å². The number of carboxylic acids is 1. The Labute approximate surface area is 126 Å². The van der Waals surface area contributed by atoms with Crippen molar-refractivity contribution >= 4 is 23.2 Å². The van der Waals surface area contributed by atoms with Crippen LogP contribution in [0, 0.1) is 6.92 Å². The first-order chi connectivity index (χ1) is 9.90. The molecule has 0 saturated heterocycles. The smallest absolute Gasteiger partial charge is 0.326 e. The molecule has 0 spiro atoms. The third-order valence-corrected chi connectivity index (χ3v) is 4.08. The molecule has 21 heavy (non-hydrogen) atoms. The van der Waals surface area contributed by atoms with Gasteiger partial charge in [-0.3, -0.25) is 4.79 Å². The number of amides is 1. The van der Waals surface area contributed by atoms with E-state index < -0.39 is 12.0 Å². The van der Waals surface area contributed by atoms with Crippen LogP contribution in [0.2, 0.25) is 0 Å². The molecule has 1 atom stereocenters. The lowest BCUT2D eigenvalue weighted by atomic mass is 10.1. The molecular weight excluding hydrogens is 288 g/mol. The normalized spacial score (nSPS) is 12.0. The van der Waals surface area contributed by atoms with E-state index >= 15 is 0 Å². The minimum Gasteiger partial charge on any atom is -0.480 e. The van der Waals surface area contributed by atoms with Crippen molar-refractivity contribution < 1.29 is 14.7 Å². The number of rotatable bonds is 4. The second-order valence-electron chi connectivity index (χ2n) is 4.76. The number of nitrogens with zero attached hydrogens (tertiary/aromatic N) is 2. The molecule has 0 bridgehead atoms. The van der Waals surface area contributed by atoms with Gasteiger partial charge in [-0.2, -0.15) is 0 Å². The van der Waals surface area contributed by atoms with Crippen LogP contribution in [-0.4, -0.2) is 40.0 Å². The Bertz CT molecular complexity index is 664. The van der Waals surface area contributed by atoms with Crippen molar-refractivity contribution in [3.63, 3.8) is 0 Å². The maximum atomic E-state index is 12.2. The number of hydrogen-bond acceptors (Lipinski definition) is 4. The van der Waals surface area contributed by atoms with Gasteiger partial charge in [0.1, 0.15) is 6.04 Å². The van der Waals surface area contributed by atoms with Gasteiger partial charge in [0, 0.05) is 23.6 Å². The highest BCUT2D eigenvalue weighted by Gasteiger charge is 2.22. The van der Waals surface area contributed by atoms with E-state index in [-0.39, 0.29) is 5.91 Å². The summed E-state index contributed by atoms with van der Waals surface area (Å²) in [6, 6.07) is 6.16. The maximum Gasteiger partial charge on any atom is 0.326 e. The first-order valence-electron chi connectivity index (χ1n) is 6.42. The number of hydrogen-bond donors (Lipinski definition) is 1. The van der Waals surface area contributed by atoms with Crippen molar-refractivity contribution in [3.05, 3.63) is 40.2 Å². The van der Waals surface area contributed by atoms with Gasteiger partial charge in [-0.25, -0.2) is 9.78 Å². The largest absolute Gasteiger partial charge is 0.480 e. The first-order valence-corrected chi connectivity index (χ1v) is 7.30. The van der Waals surface area contributed by atoms with Crippen molar-refractivity contribution in [2.45, 2.75) is 19.9 Å². The molecule has 1 N–H and O–H groups in total. The molecule has 2 aromatic rings. The molecule has 110 valence electrons. The van der Waals surface area contributed by atoms with E-state index in [4.69, 9.17) is 5.11 Å².